The van der Waals surface area contributed by atoms with E-state index in [0.29, 0.717) is 12.8 Å². The van der Waals surface area contributed by atoms with Gasteiger partial charge in [-0.1, -0.05) is 175 Å². The molecule has 0 amide bonds. The van der Waals surface area contributed by atoms with Gasteiger partial charge in [-0.25, -0.2) is 0 Å². The number of aliphatic hydroxyl groups excluding tert-OH is 1. The summed E-state index contributed by atoms with van der Waals surface area (Å²) in [6.07, 6.45) is 31.6. The van der Waals surface area contributed by atoms with E-state index >= 15 is 0 Å². The molecule has 0 aliphatic heterocycles. The predicted octanol–water partition coefficient (Wildman–Crippen LogP) is 11.3. The molecule has 1 N–H and O–H groups in total. The Morgan fingerprint density at radius 1 is 0.465 bits per heavy atom. The van der Waals surface area contributed by atoms with Crippen LogP contribution in [0.3, 0.4) is 0 Å². The van der Waals surface area contributed by atoms with Crippen molar-refractivity contribution < 1.29 is 24.2 Å². The second-order valence-corrected chi connectivity index (χ2v) is 14.0. The lowest BCUT2D eigenvalue weighted by atomic mass is 10.0. The van der Waals surface area contributed by atoms with E-state index in [4.69, 9.17) is 9.47 Å². The maximum absolute atomic E-state index is 12.1. The summed E-state index contributed by atoms with van der Waals surface area (Å²) < 4.78 is 10.6. The van der Waals surface area contributed by atoms with Gasteiger partial charge in [-0.05, 0) is 24.7 Å². The van der Waals surface area contributed by atoms with Gasteiger partial charge in [-0.2, -0.15) is 0 Å². The molecular formula is C38H74O5. The van der Waals surface area contributed by atoms with Crippen molar-refractivity contribution in [2.24, 2.45) is 11.8 Å². The van der Waals surface area contributed by atoms with Crippen LogP contribution in [0.2, 0.25) is 0 Å². The summed E-state index contributed by atoms with van der Waals surface area (Å²) in [6.45, 7) is 8.84. The van der Waals surface area contributed by atoms with E-state index in [1.807, 2.05) is 0 Å². The number of aliphatic hydroxyl groups is 1. The van der Waals surface area contributed by atoms with E-state index in [0.717, 1.165) is 50.4 Å². The van der Waals surface area contributed by atoms with Crippen LogP contribution in [0.25, 0.3) is 0 Å². The summed E-state index contributed by atoms with van der Waals surface area (Å²) in [5.41, 5.74) is 0. The fourth-order valence-corrected chi connectivity index (χ4v) is 5.63. The van der Waals surface area contributed by atoms with Gasteiger partial charge in [0.25, 0.3) is 0 Å². The lowest BCUT2D eigenvalue weighted by Gasteiger charge is -2.15. The Labute approximate surface area is 268 Å². The summed E-state index contributed by atoms with van der Waals surface area (Å²) >= 11 is 0. The van der Waals surface area contributed by atoms with E-state index in [1.165, 1.54) is 122 Å². The van der Waals surface area contributed by atoms with Gasteiger partial charge < -0.3 is 14.6 Å². The van der Waals surface area contributed by atoms with Crippen molar-refractivity contribution in [1.29, 1.82) is 0 Å². The van der Waals surface area contributed by atoms with Crippen molar-refractivity contribution in [3.63, 3.8) is 0 Å². The Morgan fingerprint density at radius 3 is 1.09 bits per heavy atom. The molecule has 256 valence electrons. The van der Waals surface area contributed by atoms with Crippen molar-refractivity contribution in [3.05, 3.63) is 0 Å². The van der Waals surface area contributed by atoms with Crippen LogP contribution in [-0.2, 0) is 19.1 Å². The molecule has 0 bridgehead atoms. The molecule has 0 saturated heterocycles. The topological polar surface area (TPSA) is 72.8 Å². The molecule has 0 radical (unpaired) electrons. The summed E-state index contributed by atoms with van der Waals surface area (Å²) in [7, 11) is 0. The Kier molecular flexibility index (Phi) is 31.5. The number of ether oxygens (including phenoxy) is 2. The molecule has 43 heavy (non-hydrogen) atoms. The monoisotopic (exact) mass is 611 g/mol. The Bertz CT molecular complexity index is 603. The molecule has 0 aromatic rings. The standard InChI is InChI=1S/C38H74O5/c1-34(2)28-24-20-16-12-8-5-6-10-15-19-23-27-31-38(41)43-36(32-39)33-42-37(40)30-26-22-18-14-11-7-9-13-17-21-25-29-35(3)4/h34-36,39H,5-33H2,1-4H3/t36-/m0/s1. The van der Waals surface area contributed by atoms with Crippen LogP contribution in [0, 0.1) is 11.8 Å². The third-order valence-electron chi connectivity index (χ3n) is 8.51. The highest BCUT2D eigenvalue weighted by atomic mass is 16.6. The van der Waals surface area contributed by atoms with Gasteiger partial charge in [-0.3, -0.25) is 9.59 Å². The number of carbonyl (C=O) groups excluding carboxylic acids is 2. The van der Waals surface area contributed by atoms with Crippen molar-refractivity contribution in [3.8, 4) is 0 Å². The fourth-order valence-electron chi connectivity index (χ4n) is 5.63. The van der Waals surface area contributed by atoms with Gasteiger partial charge in [0.15, 0.2) is 6.10 Å². The molecule has 0 saturated carbocycles. The molecule has 0 spiro atoms. The molecule has 0 aliphatic rings. The maximum atomic E-state index is 12.1. The highest BCUT2D eigenvalue weighted by Crippen LogP contribution is 2.16. The van der Waals surface area contributed by atoms with Gasteiger partial charge in [-0.15, -0.1) is 0 Å². The number of hydrogen-bond acceptors (Lipinski definition) is 5. The van der Waals surface area contributed by atoms with Gasteiger partial charge in [0.1, 0.15) is 6.61 Å². The van der Waals surface area contributed by atoms with Crippen LogP contribution in [0.1, 0.15) is 201 Å². The second kappa shape index (κ2) is 32.3. The second-order valence-electron chi connectivity index (χ2n) is 14.0. The maximum Gasteiger partial charge on any atom is 0.306 e. The first-order valence-electron chi connectivity index (χ1n) is 18.8. The minimum Gasteiger partial charge on any atom is -0.462 e. The Morgan fingerprint density at radius 2 is 0.767 bits per heavy atom. The molecule has 1 atom stereocenters. The molecular weight excluding hydrogens is 536 g/mol. The molecule has 0 heterocycles. The molecule has 0 fully saturated rings. The van der Waals surface area contributed by atoms with Crippen LogP contribution in [0.4, 0.5) is 0 Å². The molecule has 5 nitrogen and oxygen atoms in total. The van der Waals surface area contributed by atoms with Crippen molar-refractivity contribution >= 4 is 11.9 Å². The first-order valence-corrected chi connectivity index (χ1v) is 18.8. The number of hydrogen-bond donors (Lipinski definition) is 1. The van der Waals surface area contributed by atoms with E-state index in [1.54, 1.807) is 0 Å². The van der Waals surface area contributed by atoms with E-state index in [-0.39, 0.29) is 25.2 Å². The van der Waals surface area contributed by atoms with Gasteiger partial charge >= 0.3 is 11.9 Å². The minimum absolute atomic E-state index is 0.0590. The zero-order valence-electron chi connectivity index (χ0n) is 29.3. The third kappa shape index (κ3) is 33.6. The first-order chi connectivity index (χ1) is 20.8. The van der Waals surface area contributed by atoms with E-state index in [2.05, 4.69) is 27.7 Å². The predicted molar refractivity (Wildman–Crippen MR) is 182 cm³/mol. The SMILES string of the molecule is CC(C)CCCCCCCCCCCCCCC(=O)O[C@@H](CO)COC(=O)CCCCCCCCCCCCCC(C)C. The van der Waals surface area contributed by atoms with Crippen LogP contribution in [0.15, 0.2) is 0 Å². The smallest absolute Gasteiger partial charge is 0.306 e. The highest BCUT2D eigenvalue weighted by molar-refractivity contribution is 5.70. The van der Waals surface area contributed by atoms with E-state index in [9.17, 15) is 14.7 Å². The Balaban J connectivity index is 3.52. The average molecular weight is 611 g/mol. The van der Waals surface area contributed by atoms with Gasteiger partial charge in [0, 0.05) is 12.8 Å². The van der Waals surface area contributed by atoms with Gasteiger partial charge in [0.2, 0.25) is 0 Å². The number of rotatable bonds is 33. The minimum atomic E-state index is -0.762. The zero-order chi connectivity index (χ0) is 31.8. The van der Waals surface area contributed by atoms with Crippen LogP contribution in [0.5, 0.6) is 0 Å². The molecule has 0 aromatic carbocycles. The Hall–Kier alpha value is -1.10. The average Bonchev–Trinajstić information content (AvgIpc) is 2.97. The third-order valence-corrected chi connectivity index (χ3v) is 8.51. The fraction of sp³-hybridized carbons (Fsp3) is 0.947. The largest absolute Gasteiger partial charge is 0.462 e. The van der Waals surface area contributed by atoms with Gasteiger partial charge in [0.05, 0.1) is 6.61 Å². The molecule has 0 aliphatic carbocycles. The number of unbranched alkanes of at least 4 members (excludes halogenated alkanes) is 21. The molecule has 5 heteroatoms. The van der Waals surface area contributed by atoms with Crippen molar-refractivity contribution in [2.45, 2.75) is 207 Å². The molecule has 0 unspecified atom stereocenters. The summed E-state index contributed by atoms with van der Waals surface area (Å²) in [4.78, 5) is 24.2. The van der Waals surface area contributed by atoms with Crippen LogP contribution >= 0.6 is 0 Å². The summed E-state index contributed by atoms with van der Waals surface area (Å²) in [6, 6.07) is 0. The summed E-state index contributed by atoms with van der Waals surface area (Å²) in [5.74, 6) is 1.10. The van der Waals surface area contributed by atoms with Crippen LogP contribution < -0.4 is 0 Å². The lowest BCUT2D eigenvalue weighted by molar-refractivity contribution is -0.161. The van der Waals surface area contributed by atoms with E-state index < -0.39 is 6.10 Å². The zero-order valence-corrected chi connectivity index (χ0v) is 29.3. The quantitative estimate of drug-likeness (QED) is 0.0591. The van der Waals surface area contributed by atoms with Crippen LogP contribution in [-0.4, -0.2) is 36.4 Å². The lowest BCUT2D eigenvalue weighted by Crippen LogP contribution is -2.28. The first kappa shape index (κ1) is 41.9. The summed E-state index contributed by atoms with van der Waals surface area (Å²) in [5, 5.41) is 9.53. The number of carbonyl (C=O) groups is 2. The molecule has 0 rings (SSSR count). The van der Waals surface area contributed by atoms with Crippen molar-refractivity contribution in [2.75, 3.05) is 13.2 Å². The van der Waals surface area contributed by atoms with Crippen molar-refractivity contribution in [1.82, 2.24) is 0 Å². The molecule has 0 aromatic heterocycles. The highest BCUT2D eigenvalue weighted by Gasteiger charge is 2.16. The number of esters is 2. The normalized spacial score (nSPS) is 12.3.